The molecule has 1 aromatic rings. The van der Waals surface area contributed by atoms with Gasteiger partial charge in [0.2, 0.25) is 0 Å². The van der Waals surface area contributed by atoms with Crippen molar-refractivity contribution in [1.29, 1.82) is 0 Å². The summed E-state index contributed by atoms with van der Waals surface area (Å²) in [6.07, 6.45) is -7.23. The zero-order valence-corrected chi connectivity index (χ0v) is 43.2. The Kier molecular flexibility index (Phi) is 19.7. The molecule has 0 aromatic carbocycles. The molecule has 4 heterocycles. The van der Waals surface area contributed by atoms with Gasteiger partial charge < -0.3 is 73.3 Å². The molecule has 3 aliphatic heterocycles. The topological polar surface area (TPSA) is 203 Å². The van der Waals surface area contributed by atoms with Gasteiger partial charge in [-0.05, 0) is 121 Å². The number of amides is 1. The summed E-state index contributed by atoms with van der Waals surface area (Å²) in [5, 5.41) is 50.6. The number of aryl methyl sites for hydroxylation is 1. The minimum Gasteiger partial charge on any atom is -0.459 e. The molecule has 3 saturated heterocycles. The molecule has 17 heteroatoms. The molecule has 0 spiro atoms. The summed E-state index contributed by atoms with van der Waals surface area (Å²) in [7, 11) is 9.27. The molecule has 382 valence electrons. The maximum absolute atomic E-state index is 14.5. The van der Waals surface area contributed by atoms with Crippen LogP contribution in [-0.2, 0) is 45.0 Å². The predicted molar refractivity (Wildman–Crippen MR) is 250 cm³/mol. The van der Waals surface area contributed by atoms with Crippen LogP contribution in [0, 0.1) is 31.6 Å². The Morgan fingerprint density at radius 3 is 2.20 bits per heavy atom. The number of hydrogen-bond donors (Lipinski definition) is 5. The number of nitrogens with zero attached hydrogens (tertiary/aromatic N) is 3. The number of carbonyl (C=O) groups is 2. The highest BCUT2D eigenvalue weighted by Crippen LogP contribution is 2.40. The van der Waals surface area contributed by atoms with E-state index < -0.39 is 96.0 Å². The minimum absolute atomic E-state index is 0.121. The van der Waals surface area contributed by atoms with Crippen molar-refractivity contribution < 1.29 is 63.2 Å². The molecule has 0 bridgehead atoms. The number of aromatic nitrogens is 1. The first-order valence-electron chi connectivity index (χ1n) is 24.2. The molecular formula is C49H88N4O13. The number of aliphatic hydroxyl groups excluding tert-OH is 2. The molecule has 0 unspecified atom stereocenters. The zero-order valence-electron chi connectivity index (χ0n) is 43.2. The van der Waals surface area contributed by atoms with Crippen molar-refractivity contribution in [1.82, 2.24) is 19.7 Å². The summed E-state index contributed by atoms with van der Waals surface area (Å²) in [6.45, 7) is 22.8. The van der Waals surface area contributed by atoms with Gasteiger partial charge in [-0.1, -0.05) is 20.8 Å². The molecule has 17 nitrogen and oxygen atoms in total. The van der Waals surface area contributed by atoms with Crippen molar-refractivity contribution in [2.24, 2.45) is 24.8 Å². The Morgan fingerprint density at radius 1 is 0.970 bits per heavy atom. The Bertz CT molecular complexity index is 1730. The van der Waals surface area contributed by atoms with Crippen molar-refractivity contribution in [3.05, 3.63) is 23.0 Å². The Balaban J connectivity index is 1.75. The van der Waals surface area contributed by atoms with Gasteiger partial charge in [-0.15, -0.1) is 0 Å². The van der Waals surface area contributed by atoms with Crippen molar-refractivity contribution in [2.45, 2.75) is 205 Å². The molecule has 5 N–H and O–H groups in total. The second-order valence-electron chi connectivity index (χ2n) is 21.0. The van der Waals surface area contributed by atoms with E-state index in [1.807, 2.05) is 85.3 Å². The van der Waals surface area contributed by atoms with Gasteiger partial charge in [0.25, 0.3) is 5.91 Å². The van der Waals surface area contributed by atoms with Crippen LogP contribution in [-0.4, -0.2) is 185 Å². The van der Waals surface area contributed by atoms with E-state index in [1.54, 1.807) is 34.6 Å². The number of aliphatic hydroxyl groups is 4. The molecule has 0 radical (unpaired) electrons. The van der Waals surface area contributed by atoms with Crippen LogP contribution in [0.2, 0.25) is 0 Å². The monoisotopic (exact) mass is 941 g/mol. The smallest absolute Gasteiger partial charge is 0.311 e. The molecule has 18 atom stereocenters. The van der Waals surface area contributed by atoms with Crippen LogP contribution in [0.15, 0.2) is 6.07 Å². The number of carbonyl (C=O) groups excluding carboxylic acids is 2. The van der Waals surface area contributed by atoms with E-state index >= 15 is 0 Å². The second kappa shape index (κ2) is 23.1. The molecule has 3 aliphatic rings. The van der Waals surface area contributed by atoms with Crippen LogP contribution >= 0.6 is 0 Å². The van der Waals surface area contributed by atoms with Crippen molar-refractivity contribution >= 4 is 11.9 Å². The molecule has 0 saturated carbocycles. The minimum atomic E-state index is -1.82. The molecule has 0 aliphatic carbocycles. The highest BCUT2D eigenvalue weighted by molar-refractivity contribution is 5.95. The van der Waals surface area contributed by atoms with E-state index in [1.165, 1.54) is 14.0 Å². The summed E-state index contributed by atoms with van der Waals surface area (Å²) in [4.78, 5) is 31.6. The fourth-order valence-electron chi connectivity index (χ4n) is 10.6. The lowest BCUT2D eigenvalue weighted by Crippen LogP contribution is -2.61. The normalized spacial score (nSPS) is 41.5. The Labute approximate surface area is 395 Å². The van der Waals surface area contributed by atoms with Crippen LogP contribution in [0.25, 0.3) is 0 Å². The van der Waals surface area contributed by atoms with Gasteiger partial charge in [0, 0.05) is 69.7 Å². The van der Waals surface area contributed by atoms with Crippen LogP contribution in [0.1, 0.15) is 123 Å². The van der Waals surface area contributed by atoms with Crippen molar-refractivity contribution in [2.75, 3.05) is 47.9 Å². The average Bonchev–Trinajstić information content (AvgIpc) is 3.50. The van der Waals surface area contributed by atoms with Gasteiger partial charge >= 0.3 is 5.97 Å². The van der Waals surface area contributed by atoms with E-state index in [9.17, 15) is 30.0 Å². The summed E-state index contributed by atoms with van der Waals surface area (Å²) < 4.78 is 47.5. The standard InChI is InChI=1S/C49H88N4O13/c1-18-37-49(12,59)41(54)33(8)52(15)26-27(2)24-47(10,58)43(30(5)39(31(6)45(57)64-37)65-38-25-48(11,60-17)42(55)34(9)63-38)66-46-40(36(51(13)14)23-29(4)62-46)61-21-19-20-50-44(56)35-22-28(3)53(16)32(35)7/h22,27,29-31,33-34,36-43,46,54-55,58-59H,18-21,23-26H2,1-17H3,(H,50,56)/t27-,29-,30+,31-,33-,34+,36+,37-,38+,39+,40-,41-,42+,43-,46+,47-,48-,49-/m1/s1. The lowest BCUT2D eigenvalue weighted by atomic mass is 9.77. The van der Waals surface area contributed by atoms with Crippen LogP contribution in [0.4, 0.5) is 0 Å². The second-order valence-corrected chi connectivity index (χ2v) is 21.0. The number of hydrogen-bond acceptors (Lipinski definition) is 15. The average molecular weight is 941 g/mol. The highest BCUT2D eigenvalue weighted by atomic mass is 16.7. The van der Waals surface area contributed by atoms with E-state index in [-0.39, 0.29) is 49.8 Å². The van der Waals surface area contributed by atoms with Gasteiger partial charge in [0.1, 0.15) is 30.0 Å². The fraction of sp³-hybridized carbons (Fsp3) is 0.878. The van der Waals surface area contributed by atoms with Gasteiger partial charge in [0.05, 0.1) is 47.1 Å². The summed E-state index contributed by atoms with van der Waals surface area (Å²) >= 11 is 0. The Hall–Kier alpha value is -2.26. The largest absolute Gasteiger partial charge is 0.459 e. The lowest BCUT2D eigenvalue weighted by molar-refractivity contribution is -0.321. The van der Waals surface area contributed by atoms with Crippen LogP contribution in [0.3, 0.4) is 0 Å². The van der Waals surface area contributed by atoms with Gasteiger partial charge in [-0.3, -0.25) is 9.59 Å². The lowest BCUT2D eigenvalue weighted by Gasteiger charge is -2.49. The number of cyclic esters (lactones) is 1. The SMILES string of the molecule is CC[C@H]1OC(=O)[C@H](C)[C@@H](O[C@H]2C[C@@](C)(OC)[C@@H](O)[C@H](C)O2)[C@H](C)[C@@H](O[C@@H]2O[C@H](C)C[C@H](N(C)C)[C@H]2OCCCNC(=O)c2cc(C)n(C)c2C)[C@](C)(O)C[C@@H](C)CN(C)[C@H](C)[C@@H](O)[C@]1(C)O. The first-order chi connectivity index (χ1) is 30.6. The zero-order chi connectivity index (χ0) is 49.8. The number of nitrogens with one attached hydrogen (secondary N) is 1. The first-order valence-corrected chi connectivity index (χ1v) is 24.2. The maximum Gasteiger partial charge on any atom is 0.311 e. The number of methoxy groups -OCH3 is 1. The van der Waals surface area contributed by atoms with Crippen LogP contribution in [0.5, 0.6) is 0 Å². The number of ether oxygens (including phenoxy) is 7. The van der Waals surface area contributed by atoms with E-state index in [2.05, 4.69) is 10.2 Å². The summed E-state index contributed by atoms with van der Waals surface area (Å²) in [5.41, 5.74) is -1.92. The fourth-order valence-corrected chi connectivity index (χ4v) is 10.6. The number of rotatable bonds is 13. The number of likely N-dealkylation sites (N-methyl/N-ethyl adjacent to an activating group) is 2. The molecular weight excluding hydrogens is 853 g/mol. The van der Waals surface area contributed by atoms with Crippen molar-refractivity contribution in [3.8, 4) is 0 Å². The molecule has 3 fully saturated rings. The molecule has 1 amide bonds. The van der Waals surface area contributed by atoms with Crippen LogP contribution < -0.4 is 5.32 Å². The maximum atomic E-state index is 14.5. The van der Waals surface area contributed by atoms with Gasteiger partial charge in [0.15, 0.2) is 12.6 Å². The first kappa shape index (κ1) is 56.3. The summed E-state index contributed by atoms with van der Waals surface area (Å²) in [5.74, 6) is -2.79. The highest BCUT2D eigenvalue weighted by Gasteiger charge is 2.53. The van der Waals surface area contributed by atoms with E-state index in [0.717, 1.165) is 11.4 Å². The molecule has 4 rings (SSSR count). The number of esters is 1. The predicted octanol–water partition coefficient (Wildman–Crippen LogP) is 3.70. The molecule has 1 aromatic heterocycles. The van der Waals surface area contributed by atoms with E-state index in [0.29, 0.717) is 31.5 Å². The third-order valence-corrected chi connectivity index (χ3v) is 15.1. The third kappa shape index (κ3) is 12.9. The third-order valence-electron chi connectivity index (χ3n) is 15.1. The van der Waals surface area contributed by atoms with Gasteiger partial charge in [-0.2, -0.15) is 0 Å². The quantitative estimate of drug-likeness (QED) is 0.142. The molecule has 66 heavy (non-hydrogen) atoms. The van der Waals surface area contributed by atoms with Crippen molar-refractivity contribution in [3.63, 3.8) is 0 Å². The van der Waals surface area contributed by atoms with E-state index in [4.69, 9.17) is 33.2 Å². The Morgan fingerprint density at radius 2 is 1.62 bits per heavy atom. The van der Waals surface area contributed by atoms with Gasteiger partial charge in [-0.25, -0.2) is 0 Å². The summed E-state index contributed by atoms with van der Waals surface area (Å²) in [6, 6.07) is 1.17.